The number of rotatable bonds is 2. The molecule has 78 valence electrons. The predicted molar refractivity (Wildman–Crippen MR) is 58.8 cm³/mol. The number of halogens is 1. The van der Waals surface area contributed by atoms with Crippen LogP contribution in [0, 0.1) is 0 Å². The summed E-state index contributed by atoms with van der Waals surface area (Å²) >= 11 is 3.25. The molecule has 0 spiro atoms. The Kier molecular flexibility index (Phi) is 2.73. The second kappa shape index (κ2) is 4.02. The van der Waals surface area contributed by atoms with Gasteiger partial charge >= 0.3 is 5.97 Å². The number of esters is 1. The summed E-state index contributed by atoms with van der Waals surface area (Å²) in [7, 11) is 0. The number of carbonyl (C=O) groups excluding carboxylic acids is 1. The zero-order valence-corrected chi connectivity index (χ0v) is 9.69. The first-order valence-corrected chi connectivity index (χ1v) is 5.33. The molecule has 2 aromatic rings. The van der Waals surface area contributed by atoms with Crippen molar-refractivity contribution in [2.45, 2.75) is 6.92 Å². The first-order valence-electron chi connectivity index (χ1n) is 4.54. The van der Waals surface area contributed by atoms with Gasteiger partial charge in [0.2, 0.25) is 0 Å². The van der Waals surface area contributed by atoms with Gasteiger partial charge in [-0.25, -0.2) is 9.31 Å². The number of carbonyl (C=O) groups is 1. The van der Waals surface area contributed by atoms with Gasteiger partial charge in [-0.05, 0) is 35.0 Å². The molecule has 0 N–H and O–H groups in total. The summed E-state index contributed by atoms with van der Waals surface area (Å²) in [6.45, 7) is 2.13. The maximum absolute atomic E-state index is 11.6. The standard InChI is InChI=1S/C10H9BrN2O2/c1-2-15-10(14)8-7-5-3-4-6-13(7)12-9(8)11/h3-6H,2H2,1H3. The fourth-order valence-electron chi connectivity index (χ4n) is 1.36. The molecule has 0 aromatic carbocycles. The predicted octanol–water partition coefficient (Wildman–Crippen LogP) is 2.27. The zero-order chi connectivity index (χ0) is 10.8. The third-order valence-corrected chi connectivity index (χ3v) is 2.53. The van der Waals surface area contributed by atoms with Crippen LogP contribution in [0.5, 0.6) is 0 Å². The topological polar surface area (TPSA) is 43.6 Å². The molecule has 15 heavy (non-hydrogen) atoms. The van der Waals surface area contributed by atoms with E-state index in [9.17, 15) is 4.79 Å². The van der Waals surface area contributed by atoms with Gasteiger partial charge in [0.05, 0.1) is 12.1 Å². The Balaban J connectivity index is 2.58. The van der Waals surface area contributed by atoms with Crippen molar-refractivity contribution in [1.82, 2.24) is 9.61 Å². The van der Waals surface area contributed by atoms with E-state index in [0.717, 1.165) is 5.52 Å². The maximum atomic E-state index is 11.6. The van der Waals surface area contributed by atoms with Gasteiger partial charge in [-0.2, -0.15) is 5.10 Å². The number of aromatic nitrogens is 2. The van der Waals surface area contributed by atoms with E-state index in [1.165, 1.54) is 0 Å². The monoisotopic (exact) mass is 268 g/mol. The van der Waals surface area contributed by atoms with Crippen LogP contribution in [0.15, 0.2) is 29.0 Å². The molecular formula is C10H9BrN2O2. The average molecular weight is 269 g/mol. The summed E-state index contributed by atoms with van der Waals surface area (Å²) in [4.78, 5) is 11.6. The third kappa shape index (κ3) is 1.74. The fourth-order valence-corrected chi connectivity index (χ4v) is 1.90. The molecule has 0 radical (unpaired) electrons. The van der Waals surface area contributed by atoms with Gasteiger partial charge in [-0.1, -0.05) is 6.07 Å². The van der Waals surface area contributed by atoms with Crippen LogP contribution in [-0.4, -0.2) is 22.2 Å². The molecule has 0 aliphatic rings. The summed E-state index contributed by atoms with van der Waals surface area (Å²) in [6, 6.07) is 5.53. The Hall–Kier alpha value is -1.36. The van der Waals surface area contributed by atoms with E-state index in [1.807, 2.05) is 18.2 Å². The lowest BCUT2D eigenvalue weighted by atomic mass is 10.3. The highest BCUT2D eigenvalue weighted by Gasteiger charge is 2.18. The summed E-state index contributed by atoms with van der Waals surface area (Å²) in [5.41, 5.74) is 1.21. The molecular weight excluding hydrogens is 260 g/mol. The average Bonchev–Trinajstić information content (AvgIpc) is 2.54. The normalized spacial score (nSPS) is 10.5. The molecule has 0 amide bonds. The molecule has 2 rings (SSSR count). The summed E-state index contributed by atoms with van der Waals surface area (Å²) in [5.74, 6) is -0.356. The van der Waals surface area contributed by atoms with Crippen LogP contribution < -0.4 is 0 Å². The zero-order valence-electron chi connectivity index (χ0n) is 8.11. The van der Waals surface area contributed by atoms with Gasteiger partial charge in [-0.15, -0.1) is 0 Å². The van der Waals surface area contributed by atoms with Crippen LogP contribution in [0.1, 0.15) is 17.3 Å². The molecule has 5 heteroatoms. The second-order valence-corrected chi connectivity index (χ2v) is 3.67. The lowest BCUT2D eigenvalue weighted by Gasteiger charge is -1.99. The Morgan fingerprint density at radius 2 is 2.40 bits per heavy atom. The quantitative estimate of drug-likeness (QED) is 0.785. The number of pyridine rings is 1. The third-order valence-electron chi connectivity index (χ3n) is 1.98. The minimum absolute atomic E-state index is 0.356. The van der Waals surface area contributed by atoms with Crippen molar-refractivity contribution in [3.05, 3.63) is 34.6 Å². The molecule has 0 saturated heterocycles. The number of hydrogen-bond donors (Lipinski definition) is 0. The van der Waals surface area contributed by atoms with Crippen molar-refractivity contribution in [1.29, 1.82) is 0 Å². The van der Waals surface area contributed by atoms with Crippen LogP contribution in [0.4, 0.5) is 0 Å². The Bertz CT molecular complexity index is 507. The van der Waals surface area contributed by atoms with Gasteiger partial charge in [0.1, 0.15) is 10.2 Å². The lowest BCUT2D eigenvalue weighted by Crippen LogP contribution is -2.04. The minimum Gasteiger partial charge on any atom is -0.462 e. The molecule has 2 aromatic heterocycles. The van der Waals surface area contributed by atoms with Gasteiger partial charge in [0.25, 0.3) is 0 Å². The van der Waals surface area contributed by atoms with Gasteiger partial charge in [0, 0.05) is 6.20 Å². The molecule has 2 heterocycles. The van der Waals surface area contributed by atoms with E-state index in [1.54, 1.807) is 17.6 Å². The number of nitrogens with zero attached hydrogens (tertiary/aromatic N) is 2. The van der Waals surface area contributed by atoms with E-state index in [4.69, 9.17) is 4.74 Å². The van der Waals surface area contributed by atoms with Crippen molar-refractivity contribution in [2.75, 3.05) is 6.61 Å². The lowest BCUT2D eigenvalue weighted by molar-refractivity contribution is 0.0527. The summed E-state index contributed by atoms with van der Waals surface area (Å²) in [5, 5.41) is 4.15. The largest absolute Gasteiger partial charge is 0.462 e. The SMILES string of the molecule is CCOC(=O)c1c(Br)nn2ccccc12. The van der Waals surface area contributed by atoms with Gasteiger partial charge in [0.15, 0.2) is 0 Å². The first kappa shape index (κ1) is 10.2. The molecule has 0 fully saturated rings. The van der Waals surface area contributed by atoms with E-state index in [2.05, 4.69) is 21.0 Å². The highest BCUT2D eigenvalue weighted by molar-refractivity contribution is 9.10. The van der Waals surface area contributed by atoms with Crippen LogP contribution in [0.3, 0.4) is 0 Å². The minimum atomic E-state index is -0.356. The summed E-state index contributed by atoms with van der Waals surface area (Å²) < 4.78 is 7.09. The number of ether oxygens (including phenoxy) is 1. The summed E-state index contributed by atoms with van der Waals surface area (Å²) in [6.07, 6.45) is 1.78. The van der Waals surface area contributed by atoms with E-state index in [0.29, 0.717) is 16.8 Å². The highest BCUT2D eigenvalue weighted by Crippen LogP contribution is 2.21. The first-order chi connectivity index (χ1) is 7.24. The molecule has 0 saturated carbocycles. The van der Waals surface area contributed by atoms with Crippen LogP contribution >= 0.6 is 15.9 Å². The van der Waals surface area contributed by atoms with Crippen molar-refractivity contribution >= 4 is 27.4 Å². The fraction of sp³-hybridized carbons (Fsp3) is 0.200. The molecule has 0 unspecified atom stereocenters. The van der Waals surface area contributed by atoms with Crippen LogP contribution in [0.25, 0.3) is 5.52 Å². The molecule has 4 nitrogen and oxygen atoms in total. The number of fused-ring (bicyclic) bond motifs is 1. The molecule has 0 atom stereocenters. The van der Waals surface area contributed by atoms with E-state index in [-0.39, 0.29) is 5.97 Å². The van der Waals surface area contributed by atoms with Gasteiger partial charge in [-0.3, -0.25) is 0 Å². The van der Waals surface area contributed by atoms with Gasteiger partial charge < -0.3 is 4.74 Å². The smallest absolute Gasteiger partial charge is 0.343 e. The number of hydrogen-bond acceptors (Lipinski definition) is 3. The molecule has 0 aliphatic carbocycles. The van der Waals surface area contributed by atoms with E-state index < -0.39 is 0 Å². The molecule has 0 aliphatic heterocycles. The van der Waals surface area contributed by atoms with E-state index >= 15 is 0 Å². The van der Waals surface area contributed by atoms with Crippen molar-refractivity contribution in [2.24, 2.45) is 0 Å². The Labute approximate surface area is 95.0 Å². The molecule has 0 bridgehead atoms. The van der Waals surface area contributed by atoms with Crippen molar-refractivity contribution in [3.63, 3.8) is 0 Å². The van der Waals surface area contributed by atoms with Crippen molar-refractivity contribution < 1.29 is 9.53 Å². The Morgan fingerprint density at radius 3 is 3.13 bits per heavy atom. The highest BCUT2D eigenvalue weighted by atomic mass is 79.9. The van der Waals surface area contributed by atoms with Crippen molar-refractivity contribution in [3.8, 4) is 0 Å². The van der Waals surface area contributed by atoms with Crippen LogP contribution in [-0.2, 0) is 4.74 Å². The second-order valence-electron chi connectivity index (χ2n) is 2.92. The van der Waals surface area contributed by atoms with Crippen LogP contribution in [0.2, 0.25) is 0 Å². The Morgan fingerprint density at radius 1 is 1.60 bits per heavy atom. The maximum Gasteiger partial charge on any atom is 0.343 e.